The predicted molar refractivity (Wildman–Crippen MR) is 68.3 cm³/mol. The van der Waals surface area contributed by atoms with Crippen LogP contribution in [-0.4, -0.2) is 22.3 Å². The van der Waals surface area contributed by atoms with Gasteiger partial charge >= 0.3 is 6.18 Å². The highest BCUT2D eigenvalue weighted by molar-refractivity contribution is 8.13. The Kier molecular flexibility index (Phi) is 4.61. The molecule has 0 unspecified atom stereocenters. The quantitative estimate of drug-likeness (QED) is 0.655. The van der Waals surface area contributed by atoms with Gasteiger partial charge in [-0.3, -0.25) is 5.41 Å². The minimum atomic E-state index is -4.51. The average molecular weight is 277 g/mol. The van der Waals surface area contributed by atoms with Crippen LogP contribution < -0.4 is 5.32 Å². The molecule has 0 aliphatic heterocycles. The van der Waals surface area contributed by atoms with E-state index in [-0.39, 0.29) is 22.5 Å². The number of rotatable bonds is 3. The fourth-order valence-corrected chi connectivity index (χ4v) is 1.65. The van der Waals surface area contributed by atoms with E-state index in [1.807, 2.05) is 13.8 Å². The number of hydrogen-bond donors (Lipinski definition) is 2. The minimum Gasteiger partial charge on any atom is -0.368 e. The number of nitrogens with one attached hydrogen (secondary N) is 2. The third kappa shape index (κ3) is 3.90. The summed E-state index contributed by atoms with van der Waals surface area (Å²) < 4.78 is 38.1. The maximum absolute atomic E-state index is 12.7. The van der Waals surface area contributed by atoms with Crippen LogP contribution in [0.25, 0.3) is 0 Å². The highest BCUT2D eigenvalue weighted by Crippen LogP contribution is 2.30. The van der Waals surface area contributed by atoms with Crippen molar-refractivity contribution >= 4 is 22.6 Å². The largest absolute Gasteiger partial charge is 0.433 e. The Morgan fingerprint density at radius 3 is 2.44 bits per heavy atom. The van der Waals surface area contributed by atoms with Gasteiger partial charge in [-0.05, 0) is 32.2 Å². The van der Waals surface area contributed by atoms with Crippen LogP contribution in [0.4, 0.5) is 19.0 Å². The molecule has 0 spiro atoms. The zero-order valence-electron chi connectivity index (χ0n) is 10.2. The smallest absolute Gasteiger partial charge is 0.368 e. The zero-order valence-corrected chi connectivity index (χ0v) is 11.0. The molecule has 2 N–H and O–H groups in total. The molecule has 0 aromatic carbocycles. The molecule has 0 saturated carbocycles. The van der Waals surface area contributed by atoms with E-state index in [1.54, 1.807) is 6.26 Å². The van der Waals surface area contributed by atoms with Gasteiger partial charge < -0.3 is 5.32 Å². The number of thioether (sulfide) groups is 1. The summed E-state index contributed by atoms with van der Waals surface area (Å²) in [6, 6.07) is 2.32. The van der Waals surface area contributed by atoms with Crippen LogP contribution >= 0.6 is 11.8 Å². The lowest BCUT2D eigenvalue weighted by Gasteiger charge is -2.14. The Morgan fingerprint density at radius 2 is 2.00 bits per heavy atom. The first-order valence-corrected chi connectivity index (χ1v) is 6.45. The SMILES string of the molecule is CSC(=N)c1cc(NC(C)C)nc(C(F)(F)F)c1. The summed E-state index contributed by atoms with van der Waals surface area (Å²) in [7, 11) is 0. The van der Waals surface area contributed by atoms with E-state index in [0.29, 0.717) is 0 Å². The van der Waals surface area contributed by atoms with Crippen molar-refractivity contribution in [3.8, 4) is 0 Å². The Bertz CT molecular complexity index is 444. The van der Waals surface area contributed by atoms with Gasteiger partial charge in [-0.15, -0.1) is 11.8 Å². The standard InChI is InChI=1S/C11H14F3N3S/c1-6(2)16-9-5-7(10(15)18-3)4-8(17-9)11(12,13)14/h4-6,15H,1-3H3,(H,16,17). The summed E-state index contributed by atoms with van der Waals surface area (Å²) >= 11 is 1.09. The fraction of sp³-hybridized carbons (Fsp3) is 0.455. The van der Waals surface area contributed by atoms with Crippen molar-refractivity contribution in [2.45, 2.75) is 26.1 Å². The van der Waals surface area contributed by atoms with Crippen LogP contribution in [0.15, 0.2) is 12.1 Å². The van der Waals surface area contributed by atoms with Crippen molar-refractivity contribution in [1.82, 2.24) is 4.98 Å². The van der Waals surface area contributed by atoms with Gasteiger partial charge in [0.05, 0.1) is 5.04 Å². The molecule has 0 amide bonds. The molecule has 0 saturated heterocycles. The molecule has 1 aromatic rings. The molecule has 1 rings (SSSR count). The van der Waals surface area contributed by atoms with Gasteiger partial charge in [-0.2, -0.15) is 13.2 Å². The molecule has 0 fully saturated rings. The molecule has 1 aromatic heterocycles. The average Bonchev–Trinajstić information content (AvgIpc) is 2.25. The Hall–Kier alpha value is -1.24. The summed E-state index contributed by atoms with van der Waals surface area (Å²) in [6.07, 6.45) is -2.87. The van der Waals surface area contributed by atoms with Gasteiger partial charge in [-0.25, -0.2) is 4.98 Å². The first-order valence-electron chi connectivity index (χ1n) is 5.22. The molecule has 100 valence electrons. The maximum Gasteiger partial charge on any atom is 0.433 e. The van der Waals surface area contributed by atoms with E-state index in [9.17, 15) is 13.2 Å². The number of pyridine rings is 1. The lowest BCUT2D eigenvalue weighted by atomic mass is 10.2. The molecular weight excluding hydrogens is 263 g/mol. The van der Waals surface area contributed by atoms with E-state index in [2.05, 4.69) is 10.3 Å². The highest BCUT2D eigenvalue weighted by Gasteiger charge is 2.33. The van der Waals surface area contributed by atoms with E-state index in [0.717, 1.165) is 17.8 Å². The van der Waals surface area contributed by atoms with E-state index >= 15 is 0 Å². The van der Waals surface area contributed by atoms with Crippen molar-refractivity contribution in [2.75, 3.05) is 11.6 Å². The number of anilines is 1. The van der Waals surface area contributed by atoms with Crippen LogP contribution in [0.5, 0.6) is 0 Å². The Labute approximate surface area is 108 Å². The van der Waals surface area contributed by atoms with Crippen molar-refractivity contribution in [2.24, 2.45) is 0 Å². The monoisotopic (exact) mass is 277 g/mol. The second-order valence-electron chi connectivity index (χ2n) is 3.96. The van der Waals surface area contributed by atoms with Crippen LogP contribution in [0.3, 0.4) is 0 Å². The third-order valence-corrected chi connectivity index (χ3v) is 2.66. The molecule has 3 nitrogen and oxygen atoms in total. The van der Waals surface area contributed by atoms with E-state index in [1.165, 1.54) is 6.07 Å². The number of nitrogens with zero attached hydrogens (tertiary/aromatic N) is 1. The number of hydrogen-bond acceptors (Lipinski definition) is 4. The second kappa shape index (κ2) is 5.60. The molecule has 0 radical (unpaired) electrons. The molecule has 1 heterocycles. The summed E-state index contributed by atoms with van der Waals surface area (Å²) in [5, 5.41) is 10.5. The summed E-state index contributed by atoms with van der Waals surface area (Å²) in [5.41, 5.74) is -0.769. The molecule has 18 heavy (non-hydrogen) atoms. The predicted octanol–water partition coefficient (Wildman–Crippen LogP) is 3.61. The maximum atomic E-state index is 12.7. The van der Waals surface area contributed by atoms with Crippen molar-refractivity contribution < 1.29 is 13.2 Å². The van der Waals surface area contributed by atoms with Gasteiger partial charge in [0.1, 0.15) is 11.5 Å². The third-order valence-electron chi connectivity index (χ3n) is 2.02. The fourth-order valence-electron chi connectivity index (χ4n) is 1.29. The molecular formula is C11H14F3N3S. The number of alkyl halides is 3. The molecule has 0 atom stereocenters. The van der Waals surface area contributed by atoms with Crippen LogP contribution in [0.1, 0.15) is 25.1 Å². The second-order valence-corrected chi connectivity index (χ2v) is 4.77. The first-order chi connectivity index (χ1) is 8.24. The summed E-state index contributed by atoms with van der Waals surface area (Å²) in [6.45, 7) is 3.61. The lowest BCUT2D eigenvalue weighted by Crippen LogP contribution is -2.16. The van der Waals surface area contributed by atoms with E-state index in [4.69, 9.17) is 5.41 Å². The Morgan fingerprint density at radius 1 is 1.39 bits per heavy atom. The number of halogens is 3. The first kappa shape index (κ1) is 14.8. The molecule has 7 heteroatoms. The summed E-state index contributed by atoms with van der Waals surface area (Å²) in [5.74, 6) is 0.133. The minimum absolute atomic E-state index is 0.0303. The lowest BCUT2D eigenvalue weighted by molar-refractivity contribution is -0.141. The van der Waals surface area contributed by atoms with Gasteiger partial charge in [0.2, 0.25) is 0 Å². The van der Waals surface area contributed by atoms with Crippen molar-refractivity contribution in [3.63, 3.8) is 0 Å². The summed E-state index contributed by atoms with van der Waals surface area (Å²) in [4.78, 5) is 3.52. The van der Waals surface area contributed by atoms with Crippen LogP contribution in [0, 0.1) is 5.41 Å². The topological polar surface area (TPSA) is 48.8 Å². The molecule has 0 bridgehead atoms. The normalized spacial score (nSPS) is 11.7. The van der Waals surface area contributed by atoms with Crippen LogP contribution in [-0.2, 0) is 6.18 Å². The zero-order chi connectivity index (χ0) is 13.9. The van der Waals surface area contributed by atoms with Crippen molar-refractivity contribution in [1.29, 1.82) is 5.41 Å². The Balaban J connectivity index is 3.24. The van der Waals surface area contributed by atoms with Gasteiger partial charge in [0.15, 0.2) is 0 Å². The van der Waals surface area contributed by atoms with Gasteiger partial charge in [0.25, 0.3) is 0 Å². The highest BCUT2D eigenvalue weighted by atomic mass is 32.2. The van der Waals surface area contributed by atoms with Gasteiger partial charge in [-0.1, -0.05) is 0 Å². The molecule has 0 aliphatic rings. The number of aromatic nitrogens is 1. The van der Waals surface area contributed by atoms with Crippen LogP contribution in [0.2, 0.25) is 0 Å². The van der Waals surface area contributed by atoms with Gasteiger partial charge in [0, 0.05) is 11.6 Å². The van der Waals surface area contributed by atoms with E-state index < -0.39 is 11.9 Å². The van der Waals surface area contributed by atoms with Crippen molar-refractivity contribution in [3.05, 3.63) is 23.4 Å². The molecule has 0 aliphatic carbocycles.